The summed E-state index contributed by atoms with van der Waals surface area (Å²) < 4.78 is 13.5. The van der Waals surface area contributed by atoms with Crippen LogP contribution in [0.4, 0.5) is 4.39 Å². The lowest BCUT2D eigenvalue weighted by Gasteiger charge is -2.17. The molecule has 0 saturated carbocycles. The number of benzene rings is 2. The van der Waals surface area contributed by atoms with Crippen LogP contribution in [-0.4, -0.2) is 6.54 Å². The maximum absolute atomic E-state index is 13.5. The van der Waals surface area contributed by atoms with Gasteiger partial charge in [-0.05, 0) is 55.4 Å². The Labute approximate surface area is 138 Å². The van der Waals surface area contributed by atoms with E-state index in [0.717, 1.165) is 21.9 Å². The third-order valence-electron chi connectivity index (χ3n) is 3.06. The molecule has 5 heteroatoms. The average molecular weight is 344 g/mol. The minimum absolute atomic E-state index is 0.0613. The van der Waals surface area contributed by atoms with Crippen molar-refractivity contribution in [1.82, 2.24) is 5.32 Å². The number of hydrogen-bond acceptors (Lipinski definition) is 2. The van der Waals surface area contributed by atoms with Gasteiger partial charge in [-0.25, -0.2) is 4.39 Å². The number of hydrogen-bond donors (Lipinski definition) is 1. The molecule has 0 aliphatic carbocycles. The smallest absolute Gasteiger partial charge is 0.123 e. The predicted molar refractivity (Wildman–Crippen MR) is 89.1 cm³/mol. The van der Waals surface area contributed by atoms with Crippen molar-refractivity contribution in [2.75, 3.05) is 6.54 Å². The van der Waals surface area contributed by atoms with Crippen molar-refractivity contribution < 1.29 is 4.39 Å². The molecule has 0 heterocycles. The molecular formula is C16H16Cl2FNS. The van der Waals surface area contributed by atoms with E-state index in [9.17, 15) is 4.39 Å². The Bertz CT molecular complexity index is 634. The molecule has 1 unspecified atom stereocenters. The summed E-state index contributed by atoms with van der Waals surface area (Å²) in [7, 11) is 0. The van der Waals surface area contributed by atoms with Crippen molar-refractivity contribution in [3.8, 4) is 0 Å². The van der Waals surface area contributed by atoms with Crippen LogP contribution in [0.15, 0.2) is 46.2 Å². The van der Waals surface area contributed by atoms with Gasteiger partial charge in [0.05, 0.1) is 5.02 Å². The first-order chi connectivity index (χ1) is 10.0. The lowest BCUT2D eigenvalue weighted by atomic mass is 10.1. The van der Waals surface area contributed by atoms with Gasteiger partial charge < -0.3 is 5.32 Å². The first-order valence-corrected chi connectivity index (χ1v) is 8.24. The highest BCUT2D eigenvalue weighted by atomic mass is 35.5. The molecule has 2 aromatic carbocycles. The van der Waals surface area contributed by atoms with Gasteiger partial charge >= 0.3 is 0 Å². The van der Waals surface area contributed by atoms with Gasteiger partial charge in [0.15, 0.2) is 0 Å². The zero-order valence-corrected chi connectivity index (χ0v) is 14.1. The van der Waals surface area contributed by atoms with Crippen LogP contribution in [0.2, 0.25) is 10.0 Å². The van der Waals surface area contributed by atoms with Crippen molar-refractivity contribution in [3.05, 3.63) is 57.8 Å². The second kappa shape index (κ2) is 7.50. The zero-order valence-electron chi connectivity index (χ0n) is 11.8. The van der Waals surface area contributed by atoms with E-state index in [1.54, 1.807) is 24.3 Å². The molecule has 0 fully saturated rings. The van der Waals surface area contributed by atoms with Crippen LogP contribution in [0.1, 0.15) is 25.5 Å². The highest BCUT2D eigenvalue weighted by Gasteiger charge is 2.13. The minimum Gasteiger partial charge on any atom is -0.310 e. The highest BCUT2D eigenvalue weighted by Crippen LogP contribution is 2.38. The molecular weight excluding hydrogens is 328 g/mol. The Hall–Kier alpha value is -0.740. The van der Waals surface area contributed by atoms with Crippen molar-refractivity contribution in [1.29, 1.82) is 0 Å². The third kappa shape index (κ3) is 4.36. The van der Waals surface area contributed by atoms with Crippen LogP contribution in [0.5, 0.6) is 0 Å². The lowest BCUT2D eigenvalue weighted by Crippen LogP contribution is -2.18. The van der Waals surface area contributed by atoms with E-state index in [1.165, 1.54) is 17.8 Å². The molecule has 1 N–H and O–H groups in total. The molecule has 0 spiro atoms. The van der Waals surface area contributed by atoms with Crippen LogP contribution in [0.25, 0.3) is 0 Å². The van der Waals surface area contributed by atoms with E-state index in [1.807, 2.05) is 19.9 Å². The molecule has 0 aromatic heterocycles. The third-order valence-corrected chi connectivity index (χ3v) is 4.89. The Morgan fingerprint density at radius 2 is 1.90 bits per heavy atom. The fourth-order valence-corrected chi connectivity index (χ4v) is 3.59. The summed E-state index contributed by atoms with van der Waals surface area (Å²) in [5.41, 5.74) is 0.915. The van der Waals surface area contributed by atoms with Crippen molar-refractivity contribution >= 4 is 35.0 Å². The largest absolute Gasteiger partial charge is 0.310 e. The minimum atomic E-state index is -0.240. The molecule has 0 bridgehead atoms. The second-order valence-corrected chi connectivity index (χ2v) is 6.57. The number of halogens is 3. The first-order valence-electron chi connectivity index (χ1n) is 6.67. The Morgan fingerprint density at radius 1 is 1.14 bits per heavy atom. The molecule has 2 rings (SSSR count). The van der Waals surface area contributed by atoms with Crippen molar-refractivity contribution in [2.45, 2.75) is 29.7 Å². The van der Waals surface area contributed by atoms with Crippen molar-refractivity contribution in [3.63, 3.8) is 0 Å². The summed E-state index contributed by atoms with van der Waals surface area (Å²) in [4.78, 5) is 1.83. The van der Waals surface area contributed by atoms with E-state index in [-0.39, 0.29) is 11.9 Å². The van der Waals surface area contributed by atoms with Gasteiger partial charge in [-0.3, -0.25) is 0 Å². The number of rotatable bonds is 5. The molecule has 112 valence electrons. The van der Waals surface area contributed by atoms with Gasteiger partial charge in [0.2, 0.25) is 0 Å². The van der Waals surface area contributed by atoms with Crippen LogP contribution in [0.3, 0.4) is 0 Å². The Morgan fingerprint density at radius 3 is 2.62 bits per heavy atom. The Kier molecular flexibility index (Phi) is 5.94. The summed E-state index contributed by atoms with van der Waals surface area (Å²) in [6.45, 7) is 4.86. The molecule has 0 amide bonds. The fraction of sp³-hybridized carbons (Fsp3) is 0.250. The normalized spacial score (nSPS) is 12.4. The quantitative estimate of drug-likeness (QED) is 0.719. The van der Waals surface area contributed by atoms with Gasteiger partial charge in [0, 0.05) is 20.9 Å². The SMILES string of the molecule is CCNC(C)c1cc(F)ccc1Sc1cc(Cl)ccc1Cl. The number of nitrogens with one attached hydrogen (secondary N) is 1. The van der Waals surface area contributed by atoms with Gasteiger partial charge in [-0.15, -0.1) is 0 Å². The van der Waals surface area contributed by atoms with Gasteiger partial charge in [-0.2, -0.15) is 0 Å². The summed E-state index contributed by atoms with van der Waals surface area (Å²) >= 11 is 13.7. The van der Waals surface area contributed by atoms with E-state index < -0.39 is 0 Å². The molecule has 0 saturated heterocycles. The Balaban J connectivity index is 2.37. The van der Waals surface area contributed by atoms with Crippen LogP contribution < -0.4 is 5.32 Å². The molecule has 1 atom stereocenters. The topological polar surface area (TPSA) is 12.0 Å². The van der Waals surface area contributed by atoms with Crippen LogP contribution in [0, 0.1) is 5.82 Å². The van der Waals surface area contributed by atoms with E-state index in [4.69, 9.17) is 23.2 Å². The maximum atomic E-state index is 13.5. The summed E-state index contributed by atoms with van der Waals surface area (Å²) in [6.07, 6.45) is 0. The highest BCUT2D eigenvalue weighted by molar-refractivity contribution is 7.99. The zero-order chi connectivity index (χ0) is 15.4. The van der Waals surface area contributed by atoms with Gasteiger partial charge in [-0.1, -0.05) is 41.9 Å². The van der Waals surface area contributed by atoms with Crippen LogP contribution >= 0.6 is 35.0 Å². The summed E-state index contributed by atoms with van der Waals surface area (Å²) in [5, 5.41) is 4.57. The standard InChI is InChI=1S/C16H16Cl2FNS/c1-3-20-10(2)13-9-12(19)5-7-15(13)21-16-8-11(17)4-6-14(16)18/h4-10,20H,3H2,1-2H3. The summed E-state index contributed by atoms with van der Waals surface area (Å²) in [5.74, 6) is -0.240. The summed E-state index contributed by atoms with van der Waals surface area (Å²) in [6, 6.07) is 10.2. The average Bonchev–Trinajstić information content (AvgIpc) is 2.45. The second-order valence-electron chi connectivity index (χ2n) is 4.64. The van der Waals surface area contributed by atoms with Gasteiger partial charge in [0.25, 0.3) is 0 Å². The fourth-order valence-electron chi connectivity index (χ4n) is 2.04. The van der Waals surface area contributed by atoms with Gasteiger partial charge in [0.1, 0.15) is 5.82 Å². The van der Waals surface area contributed by atoms with E-state index in [0.29, 0.717) is 10.0 Å². The van der Waals surface area contributed by atoms with E-state index in [2.05, 4.69) is 5.32 Å². The van der Waals surface area contributed by atoms with Crippen molar-refractivity contribution in [2.24, 2.45) is 0 Å². The molecule has 0 aliphatic rings. The molecule has 1 nitrogen and oxygen atoms in total. The molecule has 21 heavy (non-hydrogen) atoms. The van der Waals surface area contributed by atoms with Crippen LogP contribution in [-0.2, 0) is 0 Å². The lowest BCUT2D eigenvalue weighted by molar-refractivity contribution is 0.574. The molecule has 2 aromatic rings. The molecule has 0 aliphatic heterocycles. The maximum Gasteiger partial charge on any atom is 0.123 e. The monoisotopic (exact) mass is 343 g/mol. The molecule has 0 radical (unpaired) electrons. The predicted octanol–water partition coefficient (Wildman–Crippen LogP) is 5.95. The van der Waals surface area contributed by atoms with E-state index >= 15 is 0 Å². The first kappa shape index (κ1) is 16.6.